The molecular formula is C17H21NO. The van der Waals surface area contributed by atoms with E-state index in [9.17, 15) is 5.11 Å². The Bertz CT molecular complexity index is 575. The van der Waals surface area contributed by atoms with Gasteiger partial charge in [-0.15, -0.1) is 0 Å². The quantitative estimate of drug-likeness (QED) is 0.781. The first-order chi connectivity index (χ1) is 9.19. The van der Waals surface area contributed by atoms with Crippen LogP contribution in [0, 0.1) is 5.92 Å². The molecule has 1 saturated carbocycles. The Balaban J connectivity index is 2.07. The molecular weight excluding hydrogens is 234 g/mol. The molecule has 100 valence electrons. The predicted octanol–water partition coefficient (Wildman–Crippen LogP) is 4.02. The van der Waals surface area contributed by atoms with Crippen LogP contribution in [0.25, 0.3) is 10.8 Å². The van der Waals surface area contributed by atoms with Crippen molar-refractivity contribution in [2.75, 3.05) is 0 Å². The van der Waals surface area contributed by atoms with Crippen molar-refractivity contribution in [1.29, 1.82) is 0 Å². The Morgan fingerprint density at radius 1 is 1.21 bits per heavy atom. The molecule has 2 heteroatoms. The molecule has 0 saturated heterocycles. The van der Waals surface area contributed by atoms with Gasteiger partial charge in [0, 0.05) is 17.8 Å². The minimum Gasteiger partial charge on any atom is -0.385 e. The standard InChI is InChI=1S/C17H21NO/c1-13-4-3-9-17(19,10-7-13)16-6-2-5-14-8-11-18-12-15(14)16/h2,5-6,8,11-13,19H,3-4,7,9-10H2,1H3. The van der Waals surface area contributed by atoms with E-state index < -0.39 is 5.60 Å². The van der Waals surface area contributed by atoms with Gasteiger partial charge < -0.3 is 5.11 Å². The number of pyridine rings is 1. The average molecular weight is 255 g/mol. The predicted molar refractivity (Wildman–Crippen MR) is 77.9 cm³/mol. The van der Waals surface area contributed by atoms with Crippen LogP contribution in [0.2, 0.25) is 0 Å². The number of nitrogens with zero attached hydrogens (tertiary/aromatic N) is 1. The molecule has 2 nitrogen and oxygen atoms in total. The largest absolute Gasteiger partial charge is 0.385 e. The number of fused-ring (bicyclic) bond motifs is 1. The van der Waals surface area contributed by atoms with Gasteiger partial charge in [-0.1, -0.05) is 31.5 Å². The molecule has 2 unspecified atom stereocenters. The van der Waals surface area contributed by atoms with E-state index in [1.165, 1.54) is 11.8 Å². The topological polar surface area (TPSA) is 33.1 Å². The van der Waals surface area contributed by atoms with Crippen molar-refractivity contribution in [3.05, 3.63) is 42.2 Å². The van der Waals surface area contributed by atoms with Crippen molar-refractivity contribution in [2.24, 2.45) is 5.92 Å². The summed E-state index contributed by atoms with van der Waals surface area (Å²) in [5.41, 5.74) is 0.389. The van der Waals surface area contributed by atoms with Gasteiger partial charge in [-0.25, -0.2) is 0 Å². The molecule has 1 aromatic carbocycles. The number of aliphatic hydroxyl groups is 1. The normalized spacial score (nSPS) is 28.2. The van der Waals surface area contributed by atoms with Gasteiger partial charge in [0.15, 0.2) is 0 Å². The van der Waals surface area contributed by atoms with Crippen molar-refractivity contribution in [3.8, 4) is 0 Å². The summed E-state index contributed by atoms with van der Waals surface area (Å²) >= 11 is 0. The summed E-state index contributed by atoms with van der Waals surface area (Å²) in [5.74, 6) is 0.724. The zero-order chi connectivity index (χ0) is 13.3. The number of rotatable bonds is 1. The van der Waals surface area contributed by atoms with Crippen molar-refractivity contribution in [1.82, 2.24) is 4.98 Å². The van der Waals surface area contributed by atoms with E-state index in [1.807, 2.05) is 24.5 Å². The van der Waals surface area contributed by atoms with Crippen LogP contribution in [0.4, 0.5) is 0 Å². The van der Waals surface area contributed by atoms with E-state index in [0.29, 0.717) is 0 Å². The fourth-order valence-electron chi connectivity index (χ4n) is 3.29. The third-order valence-corrected chi connectivity index (χ3v) is 4.52. The number of aromatic nitrogens is 1. The molecule has 1 fully saturated rings. The van der Waals surface area contributed by atoms with Crippen LogP contribution in [0.3, 0.4) is 0 Å². The minimum absolute atomic E-state index is 0.673. The SMILES string of the molecule is CC1CCCC(O)(c2cccc3ccncc23)CC1. The molecule has 0 aliphatic heterocycles. The van der Waals surface area contributed by atoms with E-state index in [4.69, 9.17) is 0 Å². The highest BCUT2D eigenvalue weighted by Gasteiger charge is 2.32. The maximum absolute atomic E-state index is 11.1. The summed E-state index contributed by atoms with van der Waals surface area (Å²) in [7, 11) is 0. The Hall–Kier alpha value is -1.41. The van der Waals surface area contributed by atoms with Crippen LogP contribution >= 0.6 is 0 Å². The molecule has 2 atom stereocenters. The third-order valence-electron chi connectivity index (χ3n) is 4.52. The van der Waals surface area contributed by atoms with Crippen LogP contribution in [0.5, 0.6) is 0 Å². The Kier molecular flexibility index (Phi) is 3.28. The molecule has 1 aliphatic carbocycles. The molecule has 1 N–H and O–H groups in total. The summed E-state index contributed by atoms with van der Waals surface area (Å²) in [6.07, 6.45) is 8.86. The van der Waals surface area contributed by atoms with Crippen LogP contribution in [-0.4, -0.2) is 10.1 Å². The van der Waals surface area contributed by atoms with Gasteiger partial charge in [-0.2, -0.15) is 0 Å². The minimum atomic E-state index is -0.673. The molecule has 0 bridgehead atoms. The van der Waals surface area contributed by atoms with E-state index in [0.717, 1.165) is 42.6 Å². The second kappa shape index (κ2) is 4.93. The van der Waals surface area contributed by atoms with Crippen LogP contribution < -0.4 is 0 Å². The lowest BCUT2D eigenvalue weighted by atomic mass is 9.84. The Morgan fingerprint density at radius 2 is 2.11 bits per heavy atom. The summed E-state index contributed by atoms with van der Waals surface area (Å²) in [6, 6.07) is 8.22. The monoisotopic (exact) mass is 255 g/mol. The average Bonchev–Trinajstić information content (AvgIpc) is 2.61. The summed E-state index contributed by atoms with van der Waals surface area (Å²) in [4.78, 5) is 4.23. The summed E-state index contributed by atoms with van der Waals surface area (Å²) in [5, 5.41) is 13.4. The molecule has 0 amide bonds. The lowest BCUT2D eigenvalue weighted by molar-refractivity contribution is 0.0213. The van der Waals surface area contributed by atoms with E-state index in [-0.39, 0.29) is 0 Å². The summed E-state index contributed by atoms with van der Waals surface area (Å²) < 4.78 is 0. The Labute approximate surface area is 114 Å². The van der Waals surface area contributed by atoms with Gasteiger partial charge >= 0.3 is 0 Å². The first kappa shape index (κ1) is 12.6. The first-order valence-electron chi connectivity index (χ1n) is 7.25. The van der Waals surface area contributed by atoms with Crippen molar-refractivity contribution < 1.29 is 5.11 Å². The van der Waals surface area contributed by atoms with Crippen LogP contribution in [0.15, 0.2) is 36.7 Å². The van der Waals surface area contributed by atoms with E-state index in [1.54, 1.807) is 0 Å². The lowest BCUT2D eigenvalue weighted by Gasteiger charge is -2.28. The molecule has 0 radical (unpaired) electrons. The fraction of sp³-hybridized carbons (Fsp3) is 0.471. The molecule has 2 aromatic rings. The molecule has 1 aromatic heterocycles. The highest BCUT2D eigenvalue weighted by molar-refractivity contribution is 5.85. The van der Waals surface area contributed by atoms with Crippen LogP contribution in [0.1, 0.15) is 44.6 Å². The molecule has 3 rings (SSSR count). The Morgan fingerprint density at radius 3 is 3.00 bits per heavy atom. The highest BCUT2D eigenvalue weighted by Crippen LogP contribution is 2.40. The zero-order valence-corrected chi connectivity index (χ0v) is 11.5. The first-order valence-corrected chi connectivity index (χ1v) is 7.25. The maximum atomic E-state index is 11.1. The molecule has 1 heterocycles. The second-order valence-electron chi connectivity index (χ2n) is 5.97. The molecule has 0 spiro atoms. The van der Waals surface area contributed by atoms with Crippen molar-refractivity contribution in [2.45, 2.75) is 44.6 Å². The second-order valence-corrected chi connectivity index (χ2v) is 5.97. The zero-order valence-electron chi connectivity index (χ0n) is 11.5. The number of hydrogen-bond donors (Lipinski definition) is 1. The van der Waals surface area contributed by atoms with E-state index in [2.05, 4.69) is 24.0 Å². The third kappa shape index (κ3) is 2.37. The van der Waals surface area contributed by atoms with Gasteiger partial charge in [0.2, 0.25) is 0 Å². The smallest absolute Gasteiger partial charge is 0.0903 e. The van der Waals surface area contributed by atoms with Gasteiger partial charge in [0.05, 0.1) is 5.60 Å². The van der Waals surface area contributed by atoms with Crippen LogP contribution in [-0.2, 0) is 5.60 Å². The lowest BCUT2D eigenvalue weighted by Crippen LogP contribution is -2.25. The number of benzene rings is 1. The highest BCUT2D eigenvalue weighted by atomic mass is 16.3. The summed E-state index contributed by atoms with van der Waals surface area (Å²) in [6.45, 7) is 2.29. The molecule has 1 aliphatic rings. The van der Waals surface area contributed by atoms with Gasteiger partial charge in [0.1, 0.15) is 0 Å². The van der Waals surface area contributed by atoms with Gasteiger partial charge in [-0.3, -0.25) is 4.98 Å². The van der Waals surface area contributed by atoms with Gasteiger partial charge in [-0.05, 0) is 48.6 Å². The van der Waals surface area contributed by atoms with Gasteiger partial charge in [0.25, 0.3) is 0 Å². The van der Waals surface area contributed by atoms with E-state index >= 15 is 0 Å². The number of hydrogen-bond acceptors (Lipinski definition) is 2. The maximum Gasteiger partial charge on any atom is 0.0903 e. The van der Waals surface area contributed by atoms with Crippen molar-refractivity contribution >= 4 is 10.8 Å². The fourth-order valence-corrected chi connectivity index (χ4v) is 3.29. The molecule has 19 heavy (non-hydrogen) atoms. The van der Waals surface area contributed by atoms with Crippen molar-refractivity contribution in [3.63, 3.8) is 0 Å².